The number of aromatic nitrogens is 1. The number of hydrogen-bond donors (Lipinski definition) is 1. The van der Waals surface area contributed by atoms with Crippen LogP contribution in [-0.2, 0) is 9.53 Å². The number of pyridine rings is 1. The number of amides is 1. The minimum absolute atomic E-state index is 0.234. The van der Waals surface area contributed by atoms with Crippen molar-refractivity contribution in [2.45, 2.75) is 18.9 Å². The van der Waals surface area contributed by atoms with Crippen LogP contribution in [0.15, 0.2) is 18.5 Å². The van der Waals surface area contributed by atoms with Crippen LogP contribution in [0.3, 0.4) is 0 Å². The summed E-state index contributed by atoms with van der Waals surface area (Å²) < 4.78 is 4.70. The molecule has 2 N–H and O–H groups in total. The highest BCUT2D eigenvalue weighted by Gasteiger charge is 2.35. The maximum atomic E-state index is 12.3. The van der Waals surface area contributed by atoms with Crippen molar-refractivity contribution in [1.29, 1.82) is 0 Å². The van der Waals surface area contributed by atoms with Crippen molar-refractivity contribution in [2.75, 3.05) is 19.4 Å². The van der Waals surface area contributed by atoms with Crippen molar-refractivity contribution in [3.05, 3.63) is 24.0 Å². The molecule has 1 aliphatic heterocycles. The molecule has 2 rings (SSSR count). The number of carbonyl (C=O) groups is 2. The van der Waals surface area contributed by atoms with Gasteiger partial charge in [-0.1, -0.05) is 0 Å². The van der Waals surface area contributed by atoms with Crippen LogP contribution in [0.2, 0.25) is 0 Å². The average molecular weight is 249 g/mol. The Balaban J connectivity index is 2.20. The minimum atomic E-state index is -0.496. The van der Waals surface area contributed by atoms with E-state index in [2.05, 4.69) is 4.98 Å². The van der Waals surface area contributed by atoms with Crippen molar-refractivity contribution in [2.24, 2.45) is 0 Å². The highest BCUT2D eigenvalue weighted by molar-refractivity contribution is 5.97. The molecule has 0 bridgehead atoms. The van der Waals surface area contributed by atoms with Crippen LogP contribution >= 0.6 is 0 Å². The smallest absolute Gasteiger partial charge is 0.328 e. The molecule has 0 aliphatic carbocycles. The van der Waals surface area contributed by atoms with Gasteiger partial charge in [0.2, 0.25) is 0 Å². The molecule has 6 heteroatoms. The van der Waals surface area contributed by atoms with Crippen molar-refractivity contribution < 1.29 is 14.3 Å². The van der Waals surface area contributed by atoms with Crippen LogP contribution in [0.25, 0.3) is 0 Å². The van der Waals surface area contributed by atoms with Gasteiger partial charge in [0, 0.05) is 18.9 Å². The van der Waals surface area contributed by atoms with Crippen LogP contribution in [0.5, 0.6) is 0 Å². The molecular formula is C12H15N3O3. The van der Waals surface area contributed by atoms with Gasteiger partial charge in [-0.15, -0.1) is 0 Å². The fourth-order valence-electron chi connectivity index (χ4n) is 2.13. The van der Waals surface area contributed by atoms with Gasteiger partial charge in [0.15, 0.2) is 0 Å². The zero-order valence-corrected chi connectivity index (χ0v) is 10.1. The predicted molar refractivity (Wildman–Crippen MR) is 64.7 cm³/mol. The quantitative estimate of drug-likeness (QED) is 0.769. The first-order chi connectivity index (χ1) is 8.63. The van der Waals surface area contributed by atoms with E-state index >= 15 is 0 Å². The fourth-order valence-corrected chi connectivity index (χ4v) is 2.13. The number of rotatable bonds is 2. The number of nitrogen functional groups attached to an aromatic ring is 1. The van der Waals surface area contributed by atoms with Gasteiger partial charge in [-0.05, 0) is 18.9 Å². The molecular weight excluding hydrogens is 234 g/mol. The maximum absolute atomic E-state index is 12.3. The molecule has 1 unspecified atom stereocenters. The minimum Gasteiger partial charge on any atom is -0.467 e. The average Bonchev–Trinajstić information content (AvgIpc) is 2.86. The summed E-state index contributed by atoms with van der Waals surface area (Å²) in [5.74, 6) is -0.611. The SMILES string of the molecule is COC(=O)C1CCCN1C(=O)c1cncc(N)c1. The summed E-state index contributed by atoms with van der Waals surface area (Å²) in [5.41, 5.74) is 6.41. The monoisotopic (exact) mass is 249 g/mol. The fraction of sp³-hybridized carbons (Fsp3) is 0.417. The second-order valence-electron chi connectivity index (χ2n) is 4.19. The Bertz CT molecular complexity index is 475. The zero-order valence-electron chi connectivity index (χ0n) is 10.1. The Morgan fingerprint density at radius 1 is 1.50 bits per heavy atom. The molecule has 2 heterocycles. The van der Waals surface area contributed by atoms with E-state index < -0.39 is 6.04 Å². The lowest BCUT2D eigenvalue weighted by atomic mass is 10.2. The molecule has 1 atom stereocenters. The van der Waals surface area contributed by atoms with Gasteiger partial charge in [-0.25, -0.2) is 4.79 Å². The Hall–Kier alpha value is -2.11. The number of anilines is 1. The second-order valence-corrected chi connectivity index (χ2v) is 4.19. The van der Waals surface area contributed by atoms with Gasteiger partial charge in [-0.2, -0.15) is 0 Å². The maximum Gasteiger partial charge on any atom is 0.328 e. The third-order valence-corrected chi connectivity index (χ3v) is 2.99. The number of ether oxygens (including phenoxy) is 1. The highest BCUT2D eigenvalue weighted by Crippen LogP contribution is 2.21. The molecule has 1 fully saturated rings. The van der Waals surface area contributed by atoms with Crippen LogP contribution < -0.4 is 5.73 Å². The largest absolute Gasteiger partial charge is 0.467 e. The topological polar surface area (TPSA) is 85.5 Å². The predicted octanol–water partition coefficient (Wildman–Crippen LogP) is 0.441. The lowest BCUT2D eigenvalue weighted by Crippen LogP contribution is -2.41. The molecule has 0 radical (unpaired) electrons. The number of esters is 1. The van der Waals surface area contributed by atoms with Crippen molar-refractivity contribution >= 4 is 17.6 Å². The van der Waals surface area contributed by atoms with Crippen molar-refractivity contribution in [1.82, 2.24) is 9.88 Å². The molecule has 1 amide bonds. The summed E-state index contributed by atoms with van der Waals surface area (Å²) in [6.45, 7) is 0.549. The molecule has 0 saturated carbocycles. The number of hydrogen-bond acceptors (Lipinski definition) is 5. The van der Waals surface area contributed by atoms with Gasteiger partial charge in [-0.3, -0.25) is 9.78 Å². The summed E-state index contributed by atoms with van der Waals surface area (Å²) in [4.78, 5) is 29.2. The number of carbonyl (C=O) groups excluding carboxylic acids is 2. The van der Waals surface area contributed by atoms with Gasteiger partial charge < -0.3 is 15.4 Å². The Labute approximate surface area is 105 Å². The number of likely N-dealkylation sites (tertiary alicyclic amines) is 1. The standard InChI is InChI=1S/C12H15N3O3/c1-18-12(17)10-3-2-4-15(10)11(16)8-5-9(13)7-14-6-8/h5-7,10H,2-4,13H2,1H3. The van der Waals surface area contributed by atoms with E-state index in [0.717, 1.165) is 6.42 Å². The summed E-state index contributed by atoms with van der Waals surface area (Å²) in [5, 5.41) is 0. The Morgan fingerprint density at radius 3 is 2.94 bits per heavy atom. The molecule has 6 nitrogen and oxygen atoms in total. The molecule has 1 aromatic rings. The van der Waals surface area contributed by atoms with E-state index in [1.165, 1.54) is 24.4 Å². The molecule has 0 aromatic carbocycles. The number of nitrogens with two attached hydrogens (primary N) is 1. The van der Waals surface area contributed by atoms with Crippen molar-refractivity contribution in [3.8, 4) is 0 Å². The van der Waals surface area contributed by atoms with Crippen molar-refractivity contribution in [3.63, 3.8) is 0 Å². The van der Waals surface area contributed by atoms with E-state index in [-0.39, 0.29) is 11.9 Å². The molecule has 1 aliphatic rings. The van der Waals surface area contributed by atoms with E-state index in [9.17, 15) is 9.59 Å². The van der Waals surface area contributed by atoms with Crippen LogP contribution in [0.1, 0.15) is 23.2 Å². The molecule has 96 valence electrons. The van der Waals surface area contributed by atoms with Crippen LogP contribution in [0, 0.1) is 0 Å². The first-order valence-electron chi connectivity index (χ1n) is 5.73. The Kier molecular flexibility index (Phi) is 3.45. The first-order valence-corrected chi connectivity index (χ1v) is 5.73. The third kappa shape index (κ3) is 2.27. The van der Waals surface area contributed by atoms with Crippen LogP contribution in [0.4, 0.5) is 5.69 Å². The molecule has 18 heavy (non-hydrogen) atoms. The van der Waals surface area contributed by atoms with Gasteiger partial charge >= 0.3 is 5.97 Å². The summed E-state index contributed by atoms with van der Waals surface area (Å²) in [7, 11) is 1.32. The van der Waals surface area contributed by atoms with Gasteiger partial charge in [0.1, 0.15) is 6.04 Å². The zero-order chi connectivity index (χ0) is 13.1. The third-order valence-electron chi connectivity index (χ3n) is 2.99. The summed E-state index contributed by atoms with van der Waals surface area (Å²) >= 11 is 0. The molecule has 1 saturated heterocycles. The van der Waals surface area contributed by atoms with E-state index in [4.69, 9.17) is 10.5 Å². The van der Waals surface area contributed by atoms with Crippen LogP contribution in [-0.4, -0.2) is 41.5 Å². The second kappa shape index (κ2) is 5.03. The number of nitrogens with zero attached hydrogens (tertiary/aromatic N) is 2. The highest BCUT2D eigenvalue weighted by atomic mass is 16.5. The first kappa shape index (κ1) is 12.3. The Morgan fingerprint density at radius 2 is 2.28 bits per heavy atom. The normalized spacial score (nSPS) is 18.7. The van der Waals surface area contributed by atoms with E-state index in [1.807, 2.05) is 0 Å². The van der Waals surface area contributed by atoms with E-state index in [0.29, 0.717) is 24.2 Å². The van der Waals surface area contributed by atoms with Gasteiger partial charge in [0.25, 0.3) is 5.91 Å². The lowest BCUT2D eigenvalue weighted by molar-refractivity contribution is -0.145. The molecule has 1 aromatic heterocycles. The van der Waals surface area contributed by atoms with E-state index in [1.54, 1.807) is 6.07 Å². The lowest BCUT2D eigenvalue weighted by Gasteiger charge is -2.22. The summed E-state index contributed by atoms with van der Waals surface area (Å²) in [6.07, 6.45) is 4.35. The summed E-state index contributed by atoms with van der Waals surface area (Å²) in [6, 6.07) is 1.06. The van der Waals surface area contributed by atoms with Gasteiger partial charge in [0.05, 0.1) is 18.4 Å². The number of methoxy groups -OCH3 is 1. The molecule has 0 spiro atoms.